The van der Waals surface area contributed by atoms with Gasteiger partial charge >= 0.3 is 0 Å². The molecule has 0 unspecified atom stereocenters. The standard InChI is InChI=1S/C12H16FN3O/c1-16(2)5-4-8-7-14-12-9(8)6-10(17-3)11(13)15-12/h6-7H,4-5H2,1-3H3,(H,14,15). The highest BCUT2D eigenvalue weighted by Crippen LogP contribution is 2.24. The molecule has 5 heteroatoms. The summed E-state index contributed by atoms with van der Waals surface area (Å²) in [6.45, 7) is 0.937. The second-order valence-electron chi connectivity index (χ2n) is 4.24. The fourth-order valence-corrected chi connectivity index (χ4v) is 1.75. The minimum Gasteiger partial charge on any atom is -0.492 e. The van der Waals surface area contributed by atoms with Crippen LogP contribution >= 0.6 is 0 Å². The van der Waals surface area contributed by atoms with Gasteiger partial charge in [0, 0.05) is 18.1 Å². The summed E-state index contributed by atoms with van der Waals surface area (Å²) >= 11 is 0. The van der Waals surface area contributed by atoms with Crippen LogP contribution < -0.4 is 4.74 Å². The van der Waals surface area contributed by atoms with Gasteiger partial charge in [0.2, 0.25) is 0 Å². The van der Waals surface area contributed by atoms with Crippen molar-refractivity contribution in [3.05, 3.63) is 23.8 Å². The molecule has 0 saturated heterocycles. The molecule has 2 aromatic heterocycles. The van der Waals surface area contributed by atoms with Crippen molar-refractivity contribution in [3.63, 3.8) is 0 Å². The first kappa shape index (κ1) is 11.9. The Balaban J connectivity index is 2.37. The van der Waals surface area contributed by atoms with Crippen molar-refractivity contribution in [1.29, 1.82) is 0 Å². The number of H-pyrrole nitrogens is 1. The molecule has 0 bridgehead atoms. The van der Waals surface area contributed by atoms with Crippen LogP contribution in [0, 0.1) is 5.95 Å². The first-order valence-electron chi connectivity index (χ1n) is 5.47. The molecule has 0 amide bonds. The lowest BCUT2D eigenvalue weighted by molar-refractivity contribution is 0.379. The van der Waals surface area contributed by atoms with Gasteiger partial charge in [0.25, 0.3) is 5.95 Å². The molecule has 0 spiro atoms. The van der Waals surface area contributed by atoms with E-state index in [1.54, 1.807) is 6.07 Å². The van der Waals surface area contributed by atoms with Crippen LogP contribution in [0.3, 0.4) is 0 Å². The molecule has 0 saturated carbocycles. The van der Waals surface area contributed by atoms with E-state index in [2.05, 4.69) is 14.9 Å². The molecule has 0 aromatic carbocycles. The predicted molar refractivity (Wildman–Crippen MR) is 64.9 cm³/mol. The van der Waals surface area contributed by atoms with E-state index in [9.17, 15) is 4.39 Å². The van der Waals surface area contributed by atoms with E-state index in [0.717, 1.165) is 23.9 Å². The number of rotatable bonds is 4. The molecule has 0 radical (unpaired) electrons. The fourth-order valence-electron chi connectivity index (χ4n) is 1.75. The van der Waals surface area contributed by atoms with E-state index in [0.29, 0.717) is 5.65 Å². The molecule has 0 fully saturated rings. The Kier molecular flexibility index (Phi) is 3.28. The van der Waals surface area contributed by atoms with Crippen molar-refractivity contribution in [2.45, 2.75) is 6.42 Å². The van der Waals surface area contributed by atoms with Crippen molar-refractivity contribution in [3.8, 4) is 5.75 Å². The van der Waals surface area contributed by atoms with Gasteiger partial charge in [0.05, 0.1) is 7.11 Å². The number of nitrogens with one attached hydrogen (secondary N) is 1. The van der Waals surface area contributed by atoms with Gasteiger partial charge < -0.3 is 14.6 Å². The Hall–Kier alpha value is -1.62. The molecule has 92 valence electrons. The van der Waals surface area contributed by atoms with Gasteiger partial charge in [-0.05, 0) is 32.1 Å². The Morgan fingerprint density at radius 3 is 2.88 bits per heavy atom. The molecule has 17 heavy (non-hydrogen) atoms. The number of nitrogens with zero attached hydrogens (tertiary/aromatic N) is 2. The van der Waals surface area contributed by atoms with Gasteiger partial charge in [-0.2, -0.15) is 9.37 Å². The number of halogens is 1. The van der Waals surface area contributed by atoms with Crippen molar-refractivity contribution < 1.29 is 9.13 Å². The summed E-state index contributed by atoms with van der Waals surface area (Å²) in [5.74, 6) is -0.399. The Morgan fingerprint density at radius 1 is 1.47 bits per heavy atom. The van der Waals surface area contributed by atoms with Crippen molar-refractivity contribution in [2.75, 3.05) is 27.7 Å². The number of likely N-dealkylation sites (N-methyl/N-ethyl adjacent to an activating group) is 1. The molecule has 0 aliphatic rings. The maximum atomic E-state index is 13.4. The van der Waals surface area contributed by atoms with Gasteiger partial charge in [-0.25, -0.2) is 0 Å². The topological polar surface area (TPSA) is 41.1 Å². The van der Waals surface area contributed by atoms with Gasteiger partial charge in [-0.3, -0.25) is 0 Å². The summed E-state index contributed by atoms with van der Waals surface area (Å²) in [6, 6.07) is 1.69. The quantitative estimate of drug-likeness (QED) is 0.825. The molecule has 1 N–H and O–H groups in total. The number of ether oxygens (including phenoxy) is 1. The highest BCUT2D eigenvalue weighted by atomic mass is 19.1. The largest absolute Gasteiger partial charge is 0.492 e. The average molecular weight is 237 g/mol. The summed E-state index contributed by atoms with van der Waals surface area (Å²) in [4.78, 5) is 8.92. The number of pyridine rings is 1. The normalized spacial score (nSPS) is 11.4. The number of fused-ring (bicyclic) bond motifs is 1. The maximum absolute atomic E-state index is 13.4. The molecule has 0 aliphatic carbocycles. The van der Waals surface area contributed by atoms with E-state index in [1.807, 2.05) is 20.3 Å². The van der Waals surface area contributed by atoms with Gasteiger partial charge in [-0.15, -0.1) is 0 Å². The Labute approximate surface area is 99.4 Å². The number of hydrogen-bond donors (Lipinski definition) is 1. The zero-order valence-corrected chi connectivity index (χ0v) is 10.2. The minimum atomic E-state index is -0.582. The van der Waals surface area contributed by atoms with Crippen LogP contribution in [-0.2, 0) is 6.42 Å². The van der Waals surface area contributed by atoms with Gasteiger partial charge in [0.15, 0.2) is 5.75 Å². The van der Waals surface area contributed by atoms with E-state index >= 15 is 0 Å². The highest BCUT2D eigenvalue weighted by molar-refractivity contribution is 5.81. The number of aromatic nitrogens is 2. The van der Waals surface area contributed by atoms with E-state index in [1.165, 1.54) is 7.11 Å². The molecule has 0 atom stereocenters. The van der Waals surface area contributed by atoms with Crippen molar-refractivity contribution in [2.24, 2.45) is 0 Å². The molecule has 0 aliphatic heterocycles. The molecule has 2 rings (SSSR count). The Morgan fingerprint density at radius 2 is 2.24 bits per heavy atom. The van der Waals surface area contributed by atoms with E-state index < -0.39 is 5.95 Å². The van der Waals surface area contributed by atoms with Crippen LogP contribution in [0.25, 0.3) is 11.0 Å². The van der Waals surface area contributed by atoms with E-state index in [-0.39, 0.29) is 5.75 Å². The summed E-state index contributed by atoms with van der Waals surface area (Å²) < 4.78 is 18.3. The fraction of sp³-hybridized carbons (Fsp3) is 0.417. The lowest BCUT2D eigenvalue weighted by Crippen LogP contribution is -2.14. The summed E-state index contributed by atoms with van der Waals surface area (Å²) in [5, 5.41) is 0.921. The zero-order chi connectivity index (χ0) is 12.4. The first-order chi connectivity index (χ1) is 8.11. The van der Waals surface area contributed by atoms with E-state index in [4.69, 9.17) is 4.74 Å². The highest BCUT2D eigenvalue weighted by Gasteiger charge is 2.11. The molecule has 2 aromatic rings. The smallest absolute Gasteiger partial charge is 0.257 e. The minimum absolute atomic E-state index is 0.184. The molecular formula is C12H16FN3O. The van der Waals surface area contributed by atoms with Gasteiger partial charge in [0.1, 0.15) is 5.65 Å². The third kappa shape index (κ3) is 2.39. The maximum Gasteiger partial charge on any atom is 0.257 e. The number of hydrogen-bond acceptors (Lipinski definition) is 3. The zero-order valence-electron chi connectivity index (χ0n) is 10.2. The summed E-state index contributed by atoms with van der Waals surface area (Å²) in [5.41, 5.74) is 1.69. The van der Waals surface area contributed by atoms with Crippen LogP contribution in [0.4, 0.5) is 4.39 Å². The lowest BCUT2D eigenvalue weighted by Gasteiger charge is -2.08. The predicted octanol–water partition coefficient (Wildman–Crippen LogP) is 1.81. The number of aromatic amines is 1. The number of methoxy groups -OCH3 is 1. The molecular weight excluding hydrogens is 221 g/mol. The summed E-state index contributed by atoms with van der Waals surface area (Å²) in [7, 11) is 5.48. The van der Waals surface area contributed by atoms with Crippen LogP contribution in [0.2, 0.25) is 0 Å². The van der Waals surface area contributed by atoms with Gasteiger partial charge in [-0.1, -0.05) is 0 Å². The first-order valence-corrected chi connectivity index (χ1v) is 5.47. The van der Waals surface area contributed by atoms with Crippen molar-refractivity contribution >= 4 is 11.0 Å². The Bertz CT molecular complexity index is 522. The monoisotopic (exact) mass is 237 g/mol. The second kappa shape index (κ2) is 4.71. The average Bonchev–Trinajstić information content (AvgIpc) is 2.67. The van der Waals surface area contributed by atoms with Crippen LogP contribution in [0.5, 0.6) is 5.75 Å². The molecule has 2 heterocycles. The molecule has 4 nitrogen and oxygen atoms in total. The van der Waals surface area contributed by atoms with Crippen LogP contribution in [0.15, 0.2) is 12.3 Å². The van der Waals surface area contributed by atoms with Crippen LogP contribution in [0.1, 0.15) is 5.56 Å². The lowest BCUT2D eigenvalue weighted by atomic mass is 10.1. The third-order valence-electron chi connectivity index (χ3n) is 2.72. The van der Waals surface area contributed by atoms with Crippen LogP contribution in [-0.4, -0.2) is 42.6 Å². The van der Waals surface area contributed by atoms with Crippen molar-refractivity contribution in [1.82, 2.24) is 14.9 Å². The summed E-state index contributed by atoms with van der Waals surface area (Å²) in [6.07, 6.45) is 2.77. The third-order valence-corrected chi connectivity index (χ3v) is 2.72. The second-order valence-corrected chi connectivity index (χ2v) is 4.24. The SMILES string of the molecule is COc1cc2c(CCN(C)C)c[nH]c2nc1F.